The zero-order valence-electron chi connectivity index (χ0n) is 16.3. The van der Waals surface area contributed by atoms with Crippen LogP contribution in [0.4, 0.5) is 11.8 Å². The second-order valence-electron chi connectivity index (χ2n) is 7.41. The number of amides is 1. The van der Waals surface area contributed by atoms with Crippen molar-refractivity contribution in [3.05, 3.63) is 44.5 Å². The molecule has 0 radical (unpaired) electrons. The lowest BCUT2D eigenvalue weighted by Gasteiger charge is -2.30. The molecule has 1 aromatic heterocycles. The maximum atomic E-state index is 12.5. The first-order valence-electron chi connectivity index (χ1n) is 9.36. The number of anilines is 2. The van der Waals surface area contributed by atoms with E-state index in [1.165, 1.54) is 0 Å². The highest BCUT2D eigenvalue weighted by Crippen LogP contribution is 2.24. The zero-order valence-corrected chi connectivity index (χ0v) is 19.5. The number of benzene rings is 1. The van der Waals surface area contributed by atoms with Gasteiger partial charge in [0.1, 0.15) is 5.82 Å². The van der Waals surface area contributed by atoms with Crippen LogP contribution in [-0.2, 0) is 0 Å². The Balaban J connectivity index is 1.54. The van der Waals surface area contributed by atoms with E-state index >= 15 is 0 Å². The average molecular weight is 511 g/mol. The third-order valence-electron chi connectivity index (χ3n) is 4.78. The highest BCUT2D eigenvalue weighted by atomic mass is 79.9. The summed E-state index contributed by atoms with van der Waals surface area (Å²) in [5, 5.41) is 6.70. The summed E-state index contributed by atoms with van der Waals surface area (Å²) in [6.45, 7) is 1.98. The fraction of sp³-hybridized carbons (Fsp3) is 0.450. The normalized spacial score (nSPS) is 19.2. The maximum absolute atomic E-state index is 12.5. The second kappa shape index (κ2) is 9.22. The van der Waals surface area contributed by atoms with E-state index < -0.39 is 0 Å². The van der Waals surface area contributed by atoms with Crippen molar-refractivity contribution in [2.45, 2.75) is 44.7 Å². The number of rotatable bonds is 5. The zero-order chi connectivity index (χ0) is 20.3. The largest absolute Gasteiger partial charge is 0.367 e. The molecule has 0 spiro atoms. The molecular formula is C20H25Br2N5O. The van der Waals surface area contributed by atoms with Crippen LogP contribution < -0.4 is 15.5 Å². The molecule has 1 aromatic carbocycles. The van der Waals surface area contributed by atoms with Crippen molar-refractivity contribution in [3.63, 3.8) is 0 Å². The molecule has 8 heteroatoms. The average Bonchev–Trinajstić information content (AvgIpc) is 2.62. The van der Waals surface area contributed by atoms with Crippen molar-refractivity contribution < 1.29 is 4.79 Å². The quantitative estimate of drug-likeness (QED) is 0.618. The molecule has 1 amide bonds. The molecule has 1 aliphatic carbocycles. The van der Waals surface area contributed by atoms with Crippen LogP contribution in [0.1, 0.15) is 41.7 Å². The lowest BCUT2D eigenvalue weighted by molar-refractivity contribution is 0.0926. The molecule has 3 rings (SSSR count). The van der Waals surface area contributed by atoms with Crippen molar-refractivity contribution in [1.82, 2.24) is 15.3 Å². The van der Waals surface area contributed by atoms with E-state index in [-0.39, 0.29) is 11.9 Å². The monoisotopic (exact) mass is 509 g/mol. The van der Waals surface area contributed by atoms with Crippen LogP contribution in [0.3, 0.4) is 0 Å². The summed E-state index contributed by atoms with van der Waals surface area (Å²) in [6, 6.07) is 8.14. The number of carbonyl (C=O) groups excluding carboxylic acids is 1. The van der Waals surface area contributed by atoms with Crippen molar-refractivity contribution in [2.75, 3.05) is 24.3 Å². The Bertz CT molecular complexity index is 830. The molecule has 6 nitrogen and oxygen atoms in total. The van der Waals surface area contributed by atoms with Gasteiger partial charge in [-0.15, -0.1) is 0 Å². The highest BCUT2D eigenvalue weighted by molar-refractivity contribution is 9.11. The first-order chi connectivity index (χ1) is 13.3. The molecule has 0 saturated heterocycles. The lowest BCUT2D eigenvalue weighted by atomic mass is 9.91. The molecular weight excluding hydrogens is 486 g/mol. The Kier molecular flexibility index (Phi) is 6.93. The van der Waals surface area contributed by atoms with Gasteiger partial charge >= 0.3 is 0 Å². The summed E-state index contributed by atoms with van der Waals surface area (Å²) in [6.07, 6.45) is 3.88. The predicted molar refractivity (Wildman–Crippen MR) is 120 cm³/mol. The number of nitrogens with zero attached hydrogens (tertiary/aromatic N) is 3. The van der Waals surface area contributed by atoms with E-state index in [9.17, 15) is 4.79 Å². The van der Waals surface area contributed by atoms with Crippen molar-refractivity contribution in [3.8, 4) is 0 Å². The standard InChI is InChI=1S/C20H25Br2N5O/c1-12-8-18(26-20(23-12)27(2)3)24-16-4-6-17(7-5-16)25-19(28)13-9-14(21)11-15(22)10-13/h8-11,16-17H,4-7H2,1-3H3,(H,25,28)(H,23,24,26)/t16-,17+. The van der Waals surface area contributed by atoms with E-state index in [0.717, 1.165) is 46.1 Å². The Morgan fingerprint density at radius 2 is 1.61 bits per heavy atom. The molecule has 150 valence electrons. The van der Waals surface area contributed by atoms with Crippen LogP contribution in [0.2, 0.25) is 0 Å². The van der Waals surface area contributed by atoms with Gasteiger partial charge in [0, 0.05) is 52.4 Å². The van der Waals surface area contributed by atoms with Gasteiger partial charge in [-0.25, -0.2) is 4.98 Å². The molecule has 1 heterocycles. The van der Waals surface area contributed by atoms with Crippen LogP contribution in [0.15, 0.2) is 33.2 Å². The number of nitrogens with one attached hydrogen (secondary N) is 2. The molecule has 1 saturated carbocycles. The molecule has 1 fully saturated rings. The molecule has 0 bridgehead atoms. The predicted octanol–water partition coefficient (Wildman–Crippen LogP) is 4.53. The second-order valence-corrected chi connectivity index (χ2v) is 9.24. The molecule has 0 aliphatic heterocycles. The number of hydrogen-bond acceptors (Lipinski definition) is 5. The first kappa shape index (κ1) is 21.0. The molecule has 28 heavy (non-hydrogen) atoms. The molecule has 0 atom stereocenters. The van der Waals surface area contributed by atoms with Gasteiger partial charge in [0.15, 0.2) is 0 Å². The molecule has 2 N–H and O–H groups in total. The van der Waals surface area contributed by atoms with E-state index in [0.29, 0.717) is 17.6 Å². The van der Waals surface area contributed by atoms with Crippen LogP contribution >= 0.6 is 31.9 Å². The minimum atomic E-state index is -0.0274. The first-order valence-corrected chi connectivity index (χ1v) is 11.0. The van der Waals surface area contributed by atoms with Crippen LogP contribution in [0.25, 0.3) is 0 Å². The summed E-state index contributed by atoms with van der Waals surface area (Å²) in [4.78, 5) is 23.5. The fourth-order valence-corrected chi connectivity index (χ4v) is 4.67. The topological polar surface area (TPSA) is 70.2 Å². The fourth-order valence-electron chi connectivity index (χ4n) is 3.37. The van der Waals surface area contributed by atoms with Crippen LogP contribution in [0.5, 0.6) is 0 Å². The summed E-state index contributed by atoms with van der Waals surface area (Å²) < 4.78 is 1.77. The van der Waals surface area contributed by atoms with Gasteiger partial charge in [0.2, 0.25) is 5.95 Å². The lowest BCUT2D eigenvalue weighted by Crippen LogP contribution is -2.40. The number of hydrogen-bond donors (Lipinski definition) is 2. The number of halogens is 2. The van der Waals surface area contributed by atoms with Gasteiger partial charge in [-0.3, -0.25) is 4.79 Å². The van der Waals surface area contributed by atoms with E-state index in [4.69, 9.17) is 0 Å². The summed E-state index contributed by atoms with van der Waals surface area (Å²) in [5.74, 6) is 1.55. The highest BCUT2D eigenvalue weighted by Gasteiger charge is 2.23. The summed E-state index contributed by atoms with van der Waals surface area (Å²) in [5.41, 5.74) is 1.61. The van der Waals surface area contributed by atoms with Gasteiger partial charge in [0.05, 0.1) is 0 Å². The van der Waals surface area contributed by atoms with Gasteiger partial charge in [-0.05, 0) is 50.8 Å². The Morgan fingerprint density at radius 1 is 1.00 bits per heavy atom. The van der Waals surface area contributed by atoms with Crippen molar-refractivity contribution >= 4 is 49.5 Å². The Labute approximate surface area is 182 Å². The van der Waals surface area contributed by atoms with Gasteiger partial charge in [0.25, 0.3) is 5.91 Å². The maximum Gasteiger partial charge on any atom is 0.251 e. The minimum absolute atomic E-state index is 0.0274. The van der Waals surface area contributed by atoms with Crippen LogP contribution in [0, 0.1) is 6.92 Å². The smallest absolute Gasteiger partial charge is 0.251 e. The minimum Gasteiger partial charge on any atom is -0.367 e. The van der Waals surface area contributed by atoms with Crippen molar-refractivity contribution in [2.24, 2.45) is 0 Å². The SMILES string of the molecule is Cc1cc(N[C@H]2CC[C@@H](NC(=O)c3cc(Br)cc(Br)c3)CC2)nc(N(C)C)n1. The Morgan fingerprint density at radius 3 is 2.21 bits per heavy atom. The van der Waals surface area contributed by atoms with E-state index in [1.807, 2.05) is 50.2 Å². The molecule has 0 unspecified atom stereocenters. The molecule has 2 aromatic rings. The third-order valence-corrected chi connectivity index (χ3v) is 5.70. The third kappa shape index (κ3) is 5.67. The number of carbonyl (C=O) groups is 1. The van der Waals surface area contributed by atoms with Crippen molar-refractivity contribution in [1.29, 1.82) is 0 Å². The van der Waals surface area contributed by atoms with E-state index in [1.54, 1.807) is 0 Å². The van der Waals surface area contributed by atoms with Crippen LogP contribution in [-0.4, -0.2) is 42.1 Å². The summed E-state index contributed by atoms with van der Waals surface area (Å²) in [7, 11) is 3.88. The number of aromatic nitrogens is 2. The molecule has 1 aliphatic rings. The Hall–Kier alpha value is -1.67. The van der Waals surface area contributed by atoms with Gasteiger partial charge < -0.3 is 15.5 Å². The van der Waals surface area contributed by atoms with Gasteiger partial charge in [-0.2, -0.15) is 4.98 Å². The summed E-state index contributed by atoms with van der Waals surface area (Å²) >= 11 is 6.87. The van der Waals surface area contributed by atoms with Gasteiger partial charge in [-0.1, -0.05) is 31.9 Å². The van der Waals surface area contributed by atoms with E-state index in [2.05, 4.69) is 52.5 Å². The number of aryl methyl sites for hydroxylation is 1.